The number of aromatic hydroxyl groups is 1. The topological polar surface area (TPSA) is 193 Å². The fourth-order valence-corrected chi connectivity index (χ4v) is 10.1. The molecule has 2 aromatic carbocycles. The number of thiazole rings is 1. The first-order valence-electron chi connectivity index (χ1n) is 22.0. The lowest BCUT2D eigenvalue weighted by Gasteiger charge is -2.30. The normalized spacial score (nSPS) is 19.8. The SMILES string of the molecule is Cc1ncsc1-c1ccc([C@H](C)NC(=O)[C@@H]2C[C@@H](O)CN2C(=O)[C@@H](C(C)C)n2cc(-c3cnc(N4CC[C@@H](c5cc6nnc(-c7ccccc7O)cc6n5C5CC5)C4)nc3)nn2)cc1. The summed E-state index contributed by atoms with van der Waals surface area (Å²) in [7, 11) is 0. The number of aliphatic hydroxyl groups is 1. The molecule has 10 rings (SSSR count). The molecule has 7 aromatic rings. The summed E-state index contributed by atoms with van der Waals surface area (Å²) in [5.74, 6) is 0.231. The first-order valence-corrected chi connectivity index (χ1v) is 22.8. The van der Waals surface area contributed by atoms with Crippen LogP contribution in [0.1, 0.15) is 87.4 Å². The molecular formula is C47H50N12O4S. The van der Waals surface area contributed by atoms with Crippen molar-refractivity contribution >= 4 is 40.1 Å². The number of aryl methyl sites for hydroxylation is 1. The summed E-state index contributed by atoms with van der Waals surface area (Å²) in [6.07, 6.45) is 7.67. The number of para-hydroxylation sites is 1. The van der Waals surface area contributed by atoms with E-state index in [9.17, 15) is 19.8 Å². The van der Waals surface area contributed by atoms with E-state index in [-0.39, 0.29) is 48.4 Å². The molecule has 2 saturated heterocycles. The van der Waals surface area contributed by atoms with Crippen LogP contribution < -0.4 is 10.2 Å². The van der Waals surface area contributed by atoms with Gasteiger partial charge >= 0.3 is 0 Å². The minimum absolute atomic E-state index is 0.0448. The minimum Gasteiger partial charge on any atom is -0.507 e. The Morgan fingerprint density at radius 1 is 0.891 bits per heavy atom. The number of nitrogens with one attached hydrogen (secondary N) is 1. The fourth-order valence-electron chi connectivity index (χ4n) is 9.33. The van der Waals surface area contributed by atoms with Gasteiger partial charge in [-0.1, -0.05) is 55.5 Å². The molecule has 2 aliphatic heterocycles. The Labute approximate surface area is 374 Å². The van der Waals surface area contributed by atoms with E-state index in [1.165, 1.54) is 10.6 Å². The standard InChI is InChI=1S/C47H50N12O4S/c1-26(2)43(46(63)57-23-34(60)17-41(57)45(62)51-27(3)29-9-11-30(12-10-29)44-28(4)50-25-64-44)58-24-38(54-55-58)32-20-48-47(49-21-32)56-16-15-31(22-56)39-19-37-40(59(39)33-13-14-33)18-36(52-53-37)35-7-5-6-8-42(35)61/h5-12,18-21,24-27,31,33-34,41,43,60-61H,13-17,22-23H2,1-4H3,(H,51,62)/t27-,31+,34+,41-,43+/m0/s1. The molecule has 0 unspecified atom stereocenters. The summed E-state index contributed by atoms with van der Waals surface area (Å²) < 4.78 is 3.97. The minimum atomic E-state index is -0.840. The van der Waals surface area contributed by atoms with Gasteiger partial charge < -0.3 is 29.9 Å². The summed E-state index contributed by atoms with van der Waals surface area (Å²) in [6, 6.07) is 18.0. The van der Waals surface area contributed by atoms with Gasteiger partial charge in [-0.3, -0.25) is 9.59 Å². The number of fused-ring (bicyclic) bond motifs is 1. The van der Waals surface area contributed by atoms with Gasteiger partial charge in [-0.05, 0) is 74.4 Å². The number of phenols is 1. The van der Waals surface area contributed by atoms with Crippen molar-refractivity contribution in [2.24, 2.45) is 5.92 Å². The van der Waals surface area contributed by atoms with Crippen molar-refractivity contribution in [2.75, 3.05) is 24.5 Å². The van der Waals surface area contributed by atoms with Gasteiger partial charge in [0, 0.05) is 67.2 Å². The molecule has 5 aromatic heterocycles. The number of hydrogen-bond acceptors (Lipinski definition) is 13. The third kappa shape index (κ3) is 7.87. The first-order chi connectivity index (χ1) is 31.0. The first kappa shape index (κ1) is 41.4. The maximum Gasteiger partial charge on any atom is 0.248 e. The van der Waals surface area contributed by atoms with Crippen LogP contribution in [-0.4, -0.2) is 103 Å². The van der Waals surface area contributed by atoms with Crippen LogP contribution in [0.15, 0.2) is 84.8 Å². The molecule has 17 heteroatoms. The van der Waals surface area contributed by atoms with Crippen LogP contribution >= 0.6 is 11.3 Å². The van der Waals surface area contributed by atoms with Gasteiger partial charge in [0.1, 0.15) is 29.0 Å². The molecule has 2 amide bonds. The van der Waals surface area contributed by atoms with E-state index in [4.69, 9.17) is 9.97 Å². The number of anilines is 1. The van der Waals surface area contributed by atoms with Gasteiger partial charge in [0.05, 0.1) is 45.6 Å². The Kier molecular flexibility index (Phi) is 10.9. The number of rotatable bonds is 12. The molecule has 16 nitrogen and oxygen atoms in total. The zero-order valence-corrected chi connectivity index (χ0v) is 36.9. The molecule has 0 radical (unpaired) electrons. The largest absolute Gasteiger partial charge is 0.507 e. The van der Waals surface area contributed by atoms with Crippen LogP contribution in [0.25, 0.3) is 44.0 Å². The molecule has 1 saturated carbocycles. The lowest BCUT2D eigenvalue weighted by Crippen LogP contribution is -2.49. The van der Waals surface area contributed by atoms with Gasteiger partial charge in [-0.2, -0.15) is 0 Å². The maximum absolute atomic E-state index is 14.3. The molecule has 0 spiro atoms. The second-order valence-corrected chi connectivity index (χ2v) is 18.5. The van der Waals surface area contributed by atoms with Gasteiger partial charge in [0.15, 0.2) is 0 Å². The van der Waals surface area contributed by atoms with E-state index in [2.05, 4.69) is 46.3 Å². The third-order valence-corrected chi connectivity index (χ3v) is 13.8. The van der Waals surface area contributed by atoms with Crippen LogP contribution in [0.4, 0.5) is 5.95 Å². The number of nitrogens with zero attached hydrogens (tertiary/aromatic N) is 11. The molecule has 7 heterocycles. The number of carbonyl (C=O) groups is 2. The van der Waals surface area contributed by atoms with E-state index in [0.29, 0.717) is 34.5 Å². The van der Waals surface area contributed by atoms with Crippen molar-refractivity contribution in [2.45, 2.75) is 89.6 Å². The van der Waals surface area contributed by atoms with Crippen molar-refractivity contribution in [1.82, 2.24) is 54.9 Å². The predicted molar refractivity (Wildman–Crippen MR) is 242 cm³/mol. The van der Waals surface area contributed by atoms with Crippen molar-refractivity contribution < 1.29 is 19.8 Å². The zero-order valence-electron chi connectivity index (χ0n) is 36.1. The van der Waals surface area contributed by atoms with Gasteiger partial charge in [0.25, 0.3) is 0 Å². The van der Waals surface area contributed by atoms with Crippen LogP contribution in [0, 0.1) is 12.8 Å². The highest BCUT2D eigenvalue weighted by atomic mass is 32.1. The highest BCUT2D eigenvalue weighted by Gasteiger charge is 2.43. The quantitative estimate of drug-likeness (QED) is 0.119. The molecule has 5 atom stereocenters. The van der Waals surface area contributed by atoms with Crippen LogP contribution in [-0.2, 0) is 9.59 Å². The third-order valence-electron chi connectivity index (χ3n) is 12.9. The zero-order chi connectivity index (χ0) is 44.2. The Morgan fingerprint density at radius 3 is 2.39 bits per heavy atom. The number of phenolic OH excluding ortho intramolecular Hbond substituents is 1. The van der Waals surface area contributed by atoms with Crippen molar-refractivity contribution in [3.8, 4) is 38.7 Å². The highest BCUT2D eigenvalue weighted by molar-refractivity contribution is 7.13. The van der Waals surface area contributed by atoms with Crippen LogP contribution in [0.3, 0.4) is 0 Å². The van der Waals surface area contributed by atoms with E-state index in [1.807, 2.05) is 75.7 Å². The molecule has 3 N–H and O–H groups in total. The summed E-state index contributed by atoms with van der Waals surface area (Å²) in [5.41, 5.74) is 10.4. The number of β-amino-alcohol motifs (C(OH)–C–C–N with tert-alkyl or cyclic N) is 1. The maximum atomic E-state index is 14.3. The number of aliphatic hydroxyl groups excluding tert-OH is 1. The number of hydrogen-bond donors (Lipinski definition) is 3. The molecular weight excluding hydrogens is 829 g/mol. The molecule has 3 aliphatic rings. The summed E-state index contributed by atoms with van der Waals surface area (Å²) in [5, 5.41) is 42.2. The summed E-state index contributed by atoms with van der Waals surface area (Å²) >= 11 is 1.59. The predicted octanol–water partition coefficient (Wildman–Crippen LogP) is 6.65. The summed E-state index contributed by atoms with van der Waals surface area (Å²) in [6.45, 7) is 9.34. The second-order valence-electron chi connectivity index (χ2n) is 17.7. The number of carbonyl (C=O) groups excluding carboxylic acids is 2. The number of likely N-dealkylation sites (tertiary alicyclic amines) is 1. The number of aromatic nitrogens is 9. The van der Waals surface area contributed by atoms with Crippen molar-refractivity contribution in [1.29, 1.82) is 0 Å². The van der Waals surface area contributed by atoms with Gasteiger partial charge in [-0.25, -0.2) is 19.6 Å². The average molecular weight is 879 g/mol. The lowest BCUT2D eigenvalue weighted by atomic mass is 10.0. The Bertz CT molecular complexity index is 2830. The Morgan fingerprint density at radius 2 is 1.67 bits per heavy atom. The monoisotopic (exact) mass is 878 g/mol. The van der Waals surface area contributed by atoms with E-state index < -0.39 is 18.2 Å². The van der Waals surface area contributed by atoms with Crippen LogP contribution in [0.5, 0.6) is 5.75 Å². The lowest BCUT2D eigenvalue weighted by molar-refractivity contribution is -0.142. The molecule has 328 valence electrons. The molecule has 0 bridgehead atoms. The van der Waals surface area contributed by atoms with E-state index >= 15 is 0 Å². The average Bonchev–Trinajstić information content (AvgIpc) is 3.81. The fraction of sp³-hybridized carbons (Fsp3) is 0.383. The van der Waals surface area contributed by atoms with Gasteiger partial charge in [0.2, 0.25) is 17.8 Å². The van der Waals surface area contributed by atoms with Crippen molar-refractivity contribution in [3.05, 3.63) is 102 Å². The second kappa shape index (κ2) is 16.8. The van der Waals surface area contributed by atoms with Crippen LogP contribution in [0.2, 0.25) is 0 Å². The Balaban J connectivity index is 0.807. The smallest absolute Gasteiger partial charge is 0.248 e. The number of benzene rings is 2. The summed E-state index contributed by atoms with van der Waals surface area (Å²) in [4.78, 5) is 46.8. The molecule has 3 fully saturated rings. The van der Waals surface area contributed by atoms with Crippen molar-refractivity contribution in [3.63, 3.8) is 0 Å². The molecule has 64 heavy (non-hydrogen) atoms. The van der Waals surface area contributed by atoms with Gasteiger partial charge in [-0.15, -0.1) is 26.6 Å². The van der Waals surface area contributed by atoms with E-state index in [0.717, 1.165) is 65.1 Å². The Hall–Kier alpha value is -6.59. The highest BCUT2D eigenvalue weighted by Crippen LogP contribution is 2.44. The number of amides is 2. The van der Waals surface area contributed by atoms with E-state index in [1.54, 1.807) is 46.7 Å². The molecule has 1 aliphatic carbocycles.